The largest absolute Gasteiger partial charge is 0.377 e. The number of nitrogens with zero attached hydrogens (tertiary/aromatic N) is 4. The van der Waals surface area contributed by atoms with Gasteiger partial charge < -0.3 is 14.4 Å². The van der Waals surface area contributed by atoms with E-state index in [1.807, 2.05) is 34.8 Å². The summed E-state index contributed by atoms with van der Waals surface area (Å²) in [5.74, 6) is -0.00907. The average Bonchev–Trinajstić information content (AvgIpc) is 3.22. The Bertz CT molecular complexity index is 764. The Morgan fingerprint density at radius 1 is 1.42 bits per heavy atom. The van der Waals surface area contributed by atoms with Gasteiger partial charge in [-0.05, 0) is 37.5 Å². The van der Waals surface area contributed by atoms with Gasteiger partial charge >= 0.3 is 0 Å². The van der Waals surface area contributed by atoms with Gasteiger partial charge in [-0.3, -0.25) is 14.5 Å². The van der Waals surface area contributed by atoms with E-state index in [4.69, 9.17) is 9.47 Å². The number of ether oxygens (including phenoxy) is 2. The molecule has 1 spiro atoms. The third kappa shape index (κ3) is 3.64. The van der Waals surface area contributed by atoms with Crippen LogP contribution in [0.3, 0.4) is 0 Å². The number of pyridine rings is 1. The Balaban J connectivity index is 1.46. The lowest BCUT2D eigenvalue weighted by Gasteiger charge is -2.32. The highest BCUT2D eigenvalue weighted by Crippen LogP contribution is 2.34. The van der Waals surface area contributed by atoms with Crippen molar-refractivity contribution in [2.45, 2.75) is 38.0 Å². The fraction of sp³-hybridized carbons (Fsp3) is 0.526. The van der Waals surface area contributed by atoms with Crippen molar-refractivity contribution in [3.8, 4) is 0 Å². The highest BCUT2D eigenvalue weighted by atomic mass is 16.6. The van der Waals surface area contributed by atoms with Crippen molar-refractivity contribution in [2.75, 3.05) is 26.3 Å². The van der Waals surface area contributed by atoms with Gasteiger partial charge in [0.05, 0.1) is 38.0 Å². The first-order chi connectivity index (χ1) is 12.6. The van der Waals surface area contributed by atoms with Crippen LogP contribution in [0.1, 0.15) is 28.8 Å². The Morgan fingerprint density at radius 2 is 2.35 bits per heavy atom. The molecule has 2 saturated heterocycles. The molecule has 2 fully saturated rings. The average molecular weight is 356 g/mol. The summed E-state index contributed by atoms with van der Waals surface area (Å²) in [5, 5.41) is 4.26. The lowest BCUT2D eigenvalue weighted by Crippen LogP contribution is -2.46. The van der Waals surface area contributed by atoms with Crippen molar-refractivity contribution in [1.29, 1.82) is 0 Å². The third-order valence-corrected chi connectivity index (χ3v) is 5.05. The molecule has 0 radical (unpaired) electrons. The molecular weight excluding hydrogens is 332 g/mol. The number of hydrogen-bond donors (Lipinski definition) is 0. The highest BCUT2D eigenvalue weighted by molar-refractivity contribution is 5.94. The minimum Gasteiger partial charge on any atom is -0.377 e. The lowest BCUT2D eigenvalue weighted by atomic mass is 9.99. The second-order valence-electron chi connectivity index (χ2n) is 7.22. The summed E-state index contributed by atoms with van der Waals surface area (Å²) in [7, 11) is 0. The molecule has 7 nitrogen and oxygen atoms in total. The van der Waals surface area contributed by atoms with Crippen LogP contribution in [0.25, 0.3) is 0 Å². The maximum Gasteiger partial charge on any atom is 0.255 e. The smallest absolute Gasteiger partial charge is 0.255 e. The molecular formula is C19H24N4O3. The summed E-state index contributed by atoms with van der Waals surface area (Å²) in [6.45, 7) is 4.84. The molecule has 4 heterocycles. The van der Waals surface area contributed by atoms with E-state index < -0.39 is 5.60 Å². The fourth-order valence-corrected chi connectivity index (χ4v) is 3.80. The molecule has 0 saturated carbocycles. The summed E-state index contributed by atoms with van der Waals surface area (Å²) in [6.07, 6.45) is 9.02. The molecule has 1 amide bonds. The topological polar surface area (TPSA) is 69.5 Å². The van der Waals surface area contributed by atoms with Gasteiger partial charge in [0.1, 0.15) is 5.60 Å². The van der Waals surface area contributed by atoms with Crippen molar-refractivity contribution in [1.82, 2.24) is 19.7 Å². The van der Waals surface area contributed by atoms with E-state index in [9.17, 15) is 4.79 Å². The van der Waals surface area contributed by atoms with E-state index in [1.54, 1.807) is 18.6 Å². The predicted molar refractivity (Wildman–Crippen MR) is 94.8 cm³/mol. The van der Waals surface area contributed by atoms with Gasteiger partial charge in [0.15, 0.2) is 0 Å². The van der Waals surface area contributed by atoms with E-state index in [0.29, 0.717) is 31.9 Å². The molecule has 0 aliphatic carbocycles. The summed E-state index contributed by atoms with van der Waals surface area (Å²) in [4.78, 5) is 18.9. The Morgan fingerprint density at radius 3 is 3.15 bits per heavy atom. The molecule has 138 valence electrons. The van der Waals surface area contributed by atoms with Crippen molar-refractivity contribution in [2.24, 2.45) is 0 Å². The van der Waals surface area contributed by atoms with Crippen LogP contribution < -0.4 is 0 Å². The summed E-state index contributed by atoms with van der Waals surface area (Å²) in [6, 6.07) is 3.79. The fourth-order valence-electron chi connectivity index (χ4n) is 3.80. The zero-order valence-corrected chi connectivity index (χ0v) is 15.0. The van der Waals surface area contributed by atoms with Crippen LogP contribution in [0.15, 0.2) is 36.9 Å². The summed E-state index contributed by atoms with van der Waals surface area (Å²) in [5.41, 5.74) is 1.17. The molecule has 0 aromatic carbocycles. The predicted octanol–water partition coefficient (Wildman–Crippen LogP) is 1.68. The minimum atomic E-state index is -0.429. The normalized spacial score (nSPS) is 26.2. The number of aryl methyl sites for hydroxylation is 1. The maximum atomic E-state index is 12.9. The van der Waals surface area contributed by atoms with Gasteiger partial charge in [0.2, 0.25) is 0 Å². The van der Waals surface area contributed by atoms with Gasteiger partial charge in [-0.15, -0.1) is 0 Å². The molecule has 0 bridgehead atoms. The molecule has 2 aliphatic rings. The van der Waals surface area contributed by atoms with Crippen LogP contribution in [0, 0.1) is 6.92 Å². The highest BCUT2D eigenvalue weighted by Gasteiger charge is 2.44. The first-order valence-electron chi connectivity index (χ1n) is 9.07. The number of aromatic nitrogens is 3. The van der Waals surface area contributed by atoms with Gasteiger partial charge in [-0.1, -0.05) is 0 Å². The van der Waals surface area contributed by atoms with Crippen LogP contribution in [0.4, 0.5) is 0 Å². The van der Waals surface area contributed by atoms with Gasteiger partial charge in [-0.2, -0.15) is 5.10 Å². The molecule has 2 aliphatic heterocycles. The van der Waals surface area contributed by atoms with E-state index in [-0.39, 0.29) is 12.0 Å². The van der Waals surface area contributed by atoms with Crippen LogP contribution in [0.5, 0.6) is 0 Å². The lowest BCUT2D eigenvalue weighted by molar-refractivity contribution is -0.0881. The van der Waals surface area contributed by atoms with Crippen molar-refractivity contribution in [3.05, 3.63) is 48.0 Å². The molecule has 26 heavy (non-hydrogen) atoms. The molecule has 7 heteroatoms. The number of hydrogen-bond acceptors (Lipinski definition) is 5. The van der Waals surface area contributed by atoms with Crippen molar-refractivity contribution < 1.29 is 14.3 Å². The Hall–Kier alpha value is -2.25. The van der Waals surface area contributed by atoms with E-state index in [2.05, 4.69) is 10.1 Å². The van der Waals surface area contributed by atoms with Crippen molar-refractivity contribution >= 4 is 5.91 Å². The molecule has 4 rings (SSSR count). The Labute approximate surface area is 152 Å². The van der Waals surface area contributed by atoms with Crippen LogP contribution in [-0.2, 0) is 16.0 Å². The molecule has 2 atom stereocenters. The van der Waals surface area contributed by atoms with Crippen molar-refractivity contribution in [3.63, 3.8) is 0 Å². The van der Waals surface area contributed by atoms with Crippen LogP contribution in [-0.4, -0.2) is 63.6 Å². The second-order valence-corrected chi connectivity index (χ2v) is 7.22. The molecule has 0 N–H and O–H groups in total. The second kappa shape index (κ2) is 7.17. The SMILES string of the molecule is Cc1cncc(C(=O)N2CCOC[C@@]3(CC[C@@H](Cn4cccn4)O3)C2)c1. The summed E-state index contributed by atoms with van der Waals surface area (Å²) >= 11 is 0. The number of carbonyl (C=O) groups excluding carboxylic acids is 1. The van der Waals surface area contributed by atoms with Crippen LogP contribution in [0.2, 0.25) is 0 Å². The van der Waals surface area contributed by atoms with E-state index >= 15 is 0 Å². The molecule has 0 unspecified atom stereocenters. The monoisotopic (exact) mass is 356 g/mol. The van der Waals surface area contributed by atoms with Crippen LogP contribution >= 0.6 is 0 Å². The third-order valence-electron chi connectivity index (χ3n) is 5.05. The first kappa shape index (κ1) is 17.2. The number of amides is 1. The maximum absolute atomic E-state index is 12.9. The quantitative estimate of drug-likeness (QED) is 0.837. The zero-order chi connectivity index (χ0) is 18.0. The standard InChI is InChI=1S/C19H24N4O3/c1-15-9-16(11-20-10-15)18(24)22-7-8-25-14-19(13-22)4-3-17(26-19)12-23-6-2-5-21-23/h2,5-6,9-11,17H,3-4,7-8,12-14H2,1H3/t17-,19+/m0/s1. The van der Waals surface area contributed by atoms with E-state index in [0.717, 1.165) is 24.9 Å². The molecule has 2 aromatic rings. The summed E-state index contributed by atoms with van der Waals surface area (Å²) < 4.78 is 14.1. The minimum absolute atomic E-state index is 0.00907. The van der Waals surface area contributed by atoms with E-state index in [1.165, 1.54) is 0 Å². The van der Waals surface area contributed by atoms with Gasteiger partial charge in [-0.25, -0.2) is 0 Å². The Kier molecular flexibility index (Phi) is 4.74. The number of rotatable bonds is 3. The zero-order valence-electron chi connectivity index (χ0n) is 15.0. The number of carbonyl (C=O) groups is 1. The van der Waals surface area contributed by atoms with Gasteiger partial charge in [0, 0.05) is 31.3 Å². The molecule has 2 aromatic heterocycles. The van der Waals surface area contributed by atoms with Gasteiger partial charge in [0.25, 0.3) is 5.91 Å². The first-order valence-corrected chi connectivity index (χ1v) is 9.07.